The van der Waals surface area contributed by atoms with Gasteiger partial charge in [-0.2, -0.15) is 0 Å². The monoisotopic (exact) mass is 878 g/mol. The van der Waals surface area contributed by atoms with E-state index in [9.17, 15) is 0 Å². The Bertz CT molecular complexity index is 1630. The van der Waals surface area contributed by atoms with Gasteiger partial charge in [0, 0.05) is 12.5 Å². The first kappa shape index (κ1) is 32.8. The molecule has 40 heavy (non-hydrogen) atoms. The molecule has 0 amide bonds. The third kappa shape index (κ3) is 9.67. The van der Waals surface area contributed by atoms with Gasteiger partial charge in [0.1, 0.15) is 0 Å². The second-order valence-corrected chi connectivity index (χ2v) is 11.4. The molecule has 0 radical (unpaired) electrons. The molecule has 7 heteroatoms. The molecular formula is C33H27BBr2I2O2. The van der Waals surface area contributed by atoms with E-state index in [0.717, 1.165) is 8.95 Å². The number of fused-ring (bicyclic) bond motifs is 2. The van der Waals surface area contributed by atoms with Crippen molar-refractivity contribution in [2.75, 3.05) is 4.93 Å². The molecule has 6 rings (SSSR count). The zero-order valence-electron chi connectivity index (χ0n) is 21.7. The molecule has 0 saturated carbocycles. The lowest BCUT2D eigenvalue weighted by atomic mass is 9.81. The zero-order valence-corrected chi connectivity index (χ0v) is 29.2. The van der Waals surface area contributed by atoms with E-state index in [1.54, 1.807) is 24.3 Å². The van der Waals surface area contributed by atoms with Gasteiger partial charge in [0.05, 0.1) is 0 Å². The lowest BCUT2D eigenvalue weighted by molar-refractivity contribution is 0.426. The first-order valence-electron chi connectivity index (χ1n) is 12.3. The summed E-state index contributed by atoms with van der Waals surface area (Å²) >= 11 is 11.5. The van der Waals surface area contributed by atoms with Crippen molar-refractivity contribution in [1.29, 1.82) is 0 Å². The van der Waals surface area contributed by atoms with E-state index < -0.39 is 7.12 Å². The molecule has 0 fully saturated rings. The second-order valence-electron chi connectivity index (χ2n) is 8.43. The van der Waals surface area contributed by atoms with Crippen LogP contribution in [0.1, 0.15) is 0 Å². The van der Waals surface area contributed by atoms with Crippen LogP contribution in [0.2, 0.25) is 0 Å². The summed E-state index contributed by atoms with van der Waals surface area (Å²) in [5.74, 6) is 0. The molecule has 2 nitrogen and oxygen atoms in total. The highest BCUT2D eigenvalue weighted by Crippen LogP contribution is 2.30. The Balaban J connectivity index is 0.000000169. The largest absolute Gasteiger partial charge is 0.488 e. The molecule has 6 aromatic rings. The molecule has 0 aliphatic rings. The Morgan fingerprint density at radius 1 is 0.550 bits per heavy atom. The van der Waals surface area contributed by atoms with Crippen LogP contribution in [0.3, 0.4) is 0 Å². The number of rotatable bonds is 2. The average Bonchev–Trinajstić information content (AvgIpc) is 3.00. The van der Waals surface area contributed by atoms with Crippen molar-refractivity contribution in [2.45, 2.75) is 0 Å². The van der Waals surface area contributed by atoms with E-state index in [1.807, 2.05) is 17.1 Å². The fourth-order valence-corrected chi connectivity index (χ4v) is 5.34. The minimum atomic E-state index is -1.34. The summed E-state index contributed by atoms with van der Waals surface area (Å²) in [6.45, 7) is 0. The Kier molecular flexibility index (Phi) is 14.1. The maximum atomic E-state index is 8.58. The van der Waals surface area contributed by atoms with Crippen LogP contribution in [0.4, 0.5) is 0 Å². The van der Waals surface area contributed by atoms with Gasteiger partial charge in [-0.25, -0.2) is 0 Å². The first-order valence-corrected chi connectivity index (χ1v) is 17.1. The highest BCUT2D eigenvalue weighted by Gasteiger charge is 2.07. The number of alkyl halides is 1. The highest BCUT2D eigenvalue weighted by molar-refractivity contribution is 14.1. The molecule has 0 saturated heterocycles. The second kappa shape index (κ2) is 17.3. The van der Waals surface area contributed by atoms with Gasteiger partial charge in [-0.05, 0) is 96.0 Å². The van der Waals surface area contributed by atoms with E-state index in [2.05, 4.69) is 174 Å². The molecule has 0 atom stereocenters. The van der Waals surface area contributed by atoms with Gasteiger partial charge < -0.3 is 10.0 Å². The van der Waals surface area contributed by atoms with Gasteiger partial charge >= 0.3 is 7.12 Å². The smallest absolute Gasteiger partial charge is 0.423 e. The fourth-order valence-electron chi connectivity index (χ4n) is 3.95. The van der Waals surface area contributed by atoms with Gasteiger partial charge in [0.25, 0.3) is 0 Å². The lowest BCUT2D eigenvalue weighted by Crippen LogP contribution is -2.29. The minimum Gasteiger partial charge on any atom is -0.423 e. The minimum absolute atomic E-state index is 0.525. The topological polar surface area (TPSA) is 40.5 Å². The maximum absolute atomic E-state index is 8.58. The van der Waals surface area contributed by atoms with Crippen molar-refractivity contribution < 1.29 is 10.0 Å². The zero-order chi connectivity index (χ0) is 28.9. The van der Waals surface area contributed by atoms with Crippen LogP contribution < -0.4 is 5.46 Å². The maximum Gasteiger partial charge on any atom is 0.488 e. The van der Waals surface area contributed by atoms with Crippen LogP contribution in [-0.2, 0) is 0 Å². The summed E-state index contributed by atoms with van der Waals surface area (Å²) in [6.07, 6.45) is 0. The Hall–Kier alpha value is -1.76. The molecule has 0 heterocycles. The molecule has 0 aromatic heterocycles. The summed E-state index contributed by atoms with van der Waals surface area (Å²) in [7, 11) is -1.34. The van der Waals surface area contributed by atoms with E-state index in [-0.39, 0.29) is 0 Å². The Morgan fingerprint density at radius 3 is 1.60 bits per heavy atom. The molecule has 2 N–H and O–H groups in total. The van der Waals surface area contributed by atoms with Crippen molar-refractivity contribution in [3.05, 3.63) is 146 Å². The van der Waals surface area contributed by atoms with Crippen LogP contribution in [0.5, 0.6) is 0 Å². The summed E-state index contributed by atoms with van der Waals surface area (Å²) in [5, 5.41) is 22.3. The SMILES string of the molecule is Brc1ccc2cccc(-c3ccccc3)c2c1.Brc1ccc2cccc(I)c2c1.CI.OB(O)c1ccccc1. The Morgan fingerprint density at radius 2 is 1.05 bits per heavy atom. The molecular weight excluding hydrogens is 853 g/mol. The summed E-state index contributed by atoms with van der Waals surface area (Å²) in [5.41, 5.74) is 3.07. The van der Waals surface area contributed by atoms with Crippen LogP contribution in [0.15, 0.2) is 142 Å². The number of halogens is 4. The van der Waals surface area contributed by atoms with Crippen molar-refractivity contribution in [2.24, 2.45) is 0 Å². The highest BCUT2D eigenvalue weighted by atomic mass is 127. The molecule has 0 bridgehead atoms. The molecule has 0 aliphatic carbocycles. The molecule has 0 spiro atoms. The van der Waals surface area contributed by atoms with Crippen LogP contribution in [0.25, 0.3) is 32.7 Å². The lowest BCUT2D eigenvalue weighted by Gasteiger charge is -2.07. The third-order valence-corrected chi connectivity index (χ3v) is 7.74. The van der Waals surface area contributed by atoms with Gasteiger partial charge in [-0.15, -0.1) is 0 Å². The average molecular weight is 880 g/mol. The van der Waals surface area contributed by atoms with E-state index in [1.165, 1.54) is 36.2 Å². The van der Waals surface area contributed by atoms with Crippen molar-refractivity contribution in [3.63, 3.8) is 0 Å². The third-order valence-electron chi connectivity index (χ3n) is 5.82. The van der Waals surface area contributed by atoms with Crippen LogP contribution in [-0.4, -0.2) is 22.1 Å². The molecule has 6 aromatic carbocycles. The first-order chi connectivity index (χ1) is 19.4. The predicted molar refractivity (Wildman–Crippen MR) is 198 cm³/mol. The van der Waals surface area contributed by atoms with E-state index in [4.69, 9.17) is 10.0 Å². The molecule has 0 unspecified atom stereocenters. The van der Waals surface area contributed by atoms with Crippen LogP contribution >= 0.6 is 77.0 Å². The normalized spacial score (nSPS) is 9.88. The van der Waals surface area contributed by atoms with Gasteiger partial charge in [-0.1, -0.05) is 158 Å². The molecule has 0 aliphatic heterocycles. The summed E-state index contributed by atoms with van der Waals surface area (Å²) in [6, 6.07) is 44.7. The van der Waals surface area contributed by atoms with Crippen molar-refractivity contribution in [1.82, 2.24) is 0 Å². The standard InChI is InChI=1S/C16H11Br.C10H6BrI.C6H7BO2.CH3I/c17-14-10-9-13-7-4-8-15(16(13)11-14)12-5-2-1-3-6-12;11-8-5-4-7-2-1-3-10(12)9(7)6-8;8-7(9)6-4-2-1-3-5-6;1-2/h1-11H;1-6H;1-5,8-9H;1H3. The number of hydrogen-bond donors (Lipinski definition) is 2. The number of benzene rings is 6. The Labute approximate surface area is 280 Å². The van der Waals surface area contributed by atoms with Gasteiger partial charge in [0.2, 0.25) is 0 Å². The fraction of sp³-hybridized carbons (Fsp3) is 0.0303. The van der Waals surface area contributed by atoms with E-state index >= 15 is 0 Å². The summed E-state index contributed by atoms with van der Waals surface area (Å²) in [4.78, 5) is 1.97. The van der Waals surface area contributed by atoms with E-state index in [0.29, 0.717) is 5.46 Å². The predicted octanol–water partition coefficient (Wildman–Crippen LogP) is 9.89. The van der Waals surface area contributed by atoms with Crippen molar-refractivity contribution >= 4 is 111 Å². The number of hydrogen-bond acceptors (Lipinski definition) is 2. The van der Waals surface area contributed by atoms with Crippen molar-refractivity contribution in [3.8, 4) is 11.1 Å². The van der Waals surface area contributed by atoms with Gasteiger partial charge in [-0.3, -0.25) is 0 Å². The van der Waals surface area contributed by atoms with Gasteiger partial charge in [0.15, 0.2) is 0 Å². The summed E-state index contributed by atoms with van der Waals surface area (Å²) < 4.78 is 3.55. The quantitative estimate of drug-likeness (QED) is 0.103. The van der Waals surface area contributed by atoms with Crippen LogP contribution in [0, 0.1) is 3.57 Å². The molecule has 202 valence electrons.